The highest BCUT2D eigenvalue weighted by molar-refractivity contribution is 6.32. The number of aromatic nitrogens is 4. The number of nitrogens with zero attached hydrogens (tertiary/aromatic N) is 4. The molecule has 12 aromatic rings. The van der Waals surface area contributed by atoms with Gasteiger partial charge in [0, 0.05) is 55.0 Å². The molecule has 0 saturated carbocycles. The first kappa shape index (κ1) is 32.4. The van der Waals surface area contributed by atoms with E-state index in [0.717, 1.165) is 50.1 Å². The van der Waals surface area contributed by atoms with E-state index < -0.39 is 0 Å². The van der Waals surface area contributed by atoms with Gasteiger partial charge in [0.25, 0.3) is 0 Å². The molecule has 0 N–H and O–H groups in total. The Bertz CT molecular complexity index is 3530. The minimum Gasteiger partial charge on any atom is -0.309 e. The lowest BCUT2D eigenvalue weighted by Gasteiger charge is -2.13. The molecule has 0 unspecified atom stereocenters. The monoisotopic (exact) mass is 738 g/mol. The van der Waals surface area contributed by atoms with Crippen molar-refractivity contribution in [1.29, 1.82) is 0 Å². The van der Waals surface area contributed by atoms with E-state index in [9.17, 15) is 0 Å². The van der Waals surface area contributed by atoms with Crippen LogP contribution in [-0.2, 0) is 0 Å². The van der Waals surface area contributed by atoms with E-state index in [1.165, 1.54) is 54.5 Å². The Labute approximate surface area is 334 Å². The van der Waals surface area contributed by atoms with Gasteiger partial charge in [-0.1, -0.05) is 146 Å². The molecular formula is C54H34N4. The summed E-state index contributed by atoms with van der Waals surface area (Å²) in [6, 6.07) is 73.8. The Morgan fingerprint density at radius 2 is 0.914 bits per heavy atom. The van der Waals surface area contributed by atoms with Gasteiger partial charge < -0.3 is 9.13 Å². The molecule has 9 aromatic carbocycles. The summed E-state index contributed by atoms with van der Waals surface area (Å²) < 4.78 is 4.89. The van der Waals surface area contributed by atoms with Gasteiger partial charge in [-0.3, -0.25) is 0 Å². The van der Waals surface area contributed by atoms with E-state index in [1.54, 1.807) is 0 Å². The minimum atomic E-state index is 0.707. The van der Waals surface area contributed by atoms with E-state index in [-0.39, 0.29) is 0 Å². The first-order valence-electron chi connectivity index (χ1n) is 19.8. The predicted octanol–water partition coefficient (Wildman–Crippen LogP) is 14.0. The lowest BCUT2D eigenvalue weighted by Crippen LogP contribution is -1.98. The number of rotatable bonds is 5. The average molecular weight is 739 g/mol. The Hall–Kier alpha value is -7.82. The molecule has 4 heteroatoms. The van der Waals surface area contributed by atoms with Crippen molar-refractivity contribution in [3.8, 4) is 45.1 Å². The highest BCUT2D eigenvalue weighted by Gasteiger charge is 2.25. The van der Waals surface area contributed by atoms with Gasteiger partial charge in [-0.05, 0) is 77.0 Å². The zero-order chi connectivity index (χ0) is 38.2. The fourth-order valence-electron chi connectivity index (χ4n) is 9.19. The molecule has 58 heavy (non-hydrogen) atoms. The fraction of sp³-hybridized carbons (Fsp3) is 0. The van der Waals surface area contributed by atoms with Crippen LogP contribution in [0.2, 0.25) is 0 Å². The van der Waals surface area contributed by atoms with Crippen LogP contribution >= 0.6 is 0 Å². The number of hydrogen-bond donors (Lipinski definition) is 0. The summed E-state index contributed by atoms with van der Waals surface area (Å²) in [5.41, 5.74) is 13.2. The lowest BCUT2D eigenvalue weighted by molar-refractivity contribution is 1.16. The molecule has 0 saturated heterocycles. The molecule has 0 radical (unpaired) electrons. The Balaban J connectivity index is 1.16. The van der Waals surface area contributed by atoms with Gasteiger partial charge in [-0.25, -0.2) is 9.97 Å². The van der Waals surface area contributed by atoms with Crippen LogP contribution in [0.3, 0.4) is 0 Å². The molecule has 0 spiro atoms. The van der Waals surface area contributed by atoms with E-state index >= 15 is 0 Å². The molecule has 3 heterocycles. The molecule has 0 amide bonds. The number of hydrogen-bond acceptors (Lipinski definition) is 2. The summed E-state index contributed by atoms with van der Waals surface area (Å²) in [6.45, 7) is 0. The van der Waals surface area contributed by atoms with Gasteiger partial charge in [0.1, 0.15) is 0 Å². The number of para-hydroxylation sites is 3. The van der Waals surface area contributed by atoms with Crippen molar-refractivity contribution in [2.75, 3.05) is 0 Å². The smallest absolute Gasteiger partial charge is 0.160 e. The van der Waals surface area contributed by atoms with Crippen LogP contribution in [0.1, 0.15) is 0 Å². The summed E-state index contributed by atoms with van der Waals surface area (Å²) in [5.74, 6) is 0.707. The largest absolute Gasteiger partial charge is 0.309 e. The molecule has 0 aliphatic carbocycles. The minimum absolute atomic E-state index is 0.707. The standard InChI is InChI=1S/C54H34N4/c1-4-17-36(18-5-1)49-51-43-25-13-15-27-45(43)57(40-31-28-38(29-32-40)54-55-44-26-14-12-24-42(44)53(56-54)37-19-6-2-7-20-37)47(51)34-48-52(49)50-41-23-11-10-16-35(41)30-33-46(50)58(48)39-21-8-3-9-22-39/h1-34H. The maximum atomic E-state index is 5.17. The summed E-state index contributed by atoms with van der Waals surface area (Å²) >= 11 is 0. The molecule has 0 aliphatic heterocycles. The van der Waals surface area contributed by atoms with Crippen LogP contribution in [0.15, 0.2) is 206 Å². The van der Waals surface area contributed by atoms with Gasteiger partial charge in [-0.15, -0.1) is 0 Å². The van der Waals surface area contributed by atoms with E-state index in [2.05, 4.69) is 203 Å². The second kappa shape index (κ2) is 12.9. The van der Waals surface area contributed by atoms with Gasteiger partial charge in [0.15, 0.2) is 5.82 Å². The first-order chi connectivity index (χ1) is 28.8. The summed E-state index contributed by atoms with van der Waals surface area (Å²) in [5, 5.41) is 8.51. The number of fused-ring (bicyclic) bond motifs is 9. The summed E-state index contributed by atoms with van der Waals surface area (Å²) in [4.78, 5) is 10.2. The molecule has 12 rings (SSSR count). The first-order valence-corrected chi connectivity index (χ1v) is 19.8. The molecular weight excluding hydrogens is 705 g/mol. The molecule has 270 valence electrons. The van der Waals surface area contributed by atoms with Gasteiger partial charge in [0.2, 0.25) is 0 Å². The van der Waals surface area contributed by atoms with Crippen LogP contribution in [0.25, 0.3) is 110 Å². The van der Waals surface area contributed by atoms with Crippen LogP contribution in [0, 0.1) is 0 Å². The quantitative estimate of drug-likeness (QED) is 0.176. The van der Waals surface area contributed by atoms with Crippen molar-refractivity contribution in [3.63, 3.8) is 0 Å². The van der Waals surface area contributed by atoms with Crippen molar-refractivity contribution >= 4 is 65.3 Å². The third-order valence-corrected chi connectivity index (χ3v) is 11.7. The van der Waals surface area contributed by atoms with Crippen molar-refractivity contribution in [3.05, 3.63) is 206 Å². The second-order valence-electron chi connectivity index (χ2n) is 14.9. The Morgan fingerprint density at radius 3 is 1.69 bits per heavy atom. The van der Waals surface area contributed by atoms with Gasteiger partial charge in [0.05, 0.1) is 33.3 Å². The molecule has 0 aliphatic rings. The number of benzene rings is 9. The topological polar surface area (TPSA) is 35.6 Å². The molecule has 0 bridgehead atoms. The van der Waals surface area contributed by atoms with Crippen LogP contribution in [0.4, 0.5) is 0 Å². The summed E-state index contributed by atoms with van der Waals surface area (Å²) in [7, 11) is 0. The molecule has 4 nitrogen and oxygen atoms in total. The van der Waals surface area contributed by atoms with Gasteiger partial charge >= 0.3 is 0 Å². The van der Waals surface area contributed by atoms with E-state index in [4.69, 9.17) is 9.97 Å². The Morgan fingerprint density at radius 1 is 0.328 bits per heavy atom. The van der Waals surface area contributed by atoms with Crippen molar-refractivity contribution in [2.45, 2.75) is 0 Å². The predicted molar refractivity (Wildman–Crippen MR) is 242 cm³/mol. The zero-order valence-corrected chi connectivity index (χ0v) is 31.4. The van der Waals surface area contributed by atoms with Crippen LogP contribution < -0.4 is 0 Å². The van der Waals surface area contributed by atoms with Crippen LogP contribution in [-0.4, -0.2) is 19.1 Å². The van der Waals surface area contributed by atoms with Crippen molar-refractivity contribution in [1.82, 2.24) is 19.1 Å². The molecule has 0 atom stereocenters. The van der Waals surface area contributed by atoms with Gasteiger partial charge in [-0.2, -0.15) is 0 Å². The zero-order valence-electron chi connectivity index (χ0n) is 31.4. The van der Waals surface area contributed by atoms with Crippen molar-refractivity contribution in [2.24, 2.45) is 0 Å². The third kappa shape index (κ3) is 4.88. The van der Waals surface area contributed by atoms with E-state index in [0.29, 0.717) is 5.82 Å². The second-order valence-corrected chi connectivity index (χ2v) is 14.9. The van der Waals surface area contributed by atoms with E-state index in [1.807, 2.05) is 12.1 Å². The molecule has 0 fully saturated rings. The van der Waals surface area contributed by atoms with Crippen LogP contribution in [0.5, 0.6) is 0 Å². The Kier molecular flexibility index (Phi) is 7.20. The fourth-order valence-corrected chi connectivity index (χ4v) is 9.19. The maximum Gasteiger partial charge on any atom is 0.160 e. The molecule has 3 aromatic heterocycles. The SMILES string of the molecule is c1ccc(-c2nc(-c3ccc(-n4c5ccccc5c5c(-c6ccccc6)c6c7c8ccccc8ccc7n(-c7ccccc7)c6cc54)cc3)nc3ccccc23)cc1. The maximum absolute atomic E-state index is 5.17. The lowest BCUT2D eigenvalue weighted by atomic mass is 9.93. The highest BCUT2D eigenvalue weighted by atomic mass is 15.0. The van der Waals surface area contributed by atoms with Crippen molar-refractivity contribution < 1.29 is 0 Å². The average Bonchev–Trinajstić information content (AvgIpc) is 3.81. The summed E-state index contributed by atoms with van der Waals surface area (Å²) in [6.07, 6.45) is 0. The normalized spacial score (nSPS) is 11.8. The highest BCUT2D eigenvalue weighted by Crippen LogP contribution is 2.48. The third-order valence-electron chi connectivity index (χ3n) is 11.7.